The van der Waals surface area contributed by atoms with E-state index in [0.717, 1.165) is 0 Å². The van der Waals surface area contributed by atoms with Crippen LogP contribution in [0.5, 0.6) is 0 Å². The number of nitrogens with one attached hydrogen (secondary N) is 1. The van der Waals surface area contributed by atoms with Crippen LogP contribution in [-0.2, 0) is 14.3 Å². The van der Waals surface area contributed by atoms with E-state index in [-0.39, 0.29) is 12.4 Å². The van der Waals surface area contributed by atoms with Gasteiger partial charge in [0, 0.05) is 26.2 Å². The molecular formula is C21H23FN4O4. The predicted octanol–water partition coefficient (Wildman–Crippen LogP) is 1.95. The third-order valence-electron chi connectivity index (χ3n) is 5.24. The minimum atomic E-state index is -1.11. The second kappa shape index (κ2) is 8.56. The Morgan fingerprint density at radius 1 is 1.20 bits per heavy atom. The van der Waals surface area contributed by atoms with Crippen LogP contribution < -0.4 is 10.2 Å². The number of amides is 1. The first-order valence-electron chi connectivity index (χ1n) is 9.91. The van der Waals surface area contributed by atoms with E-state index in [1.54, 1.807) is 37.3 Å². The number of nitrogens with zero attached hydrogens (tertiary/aromatic N) is 3. The zero-order valence-corrected chi connectivity index (χ0v) is 16.6. The van der Waals surface area contributed by atoms with E-state index in [1.165, 1.54) is 12.3 Å². The number of carbonyl (C=O) groups is 2. The molecule has 1 aromatic heterocycles. The maximum absolute atomic E-state index is 14.1. The van der Waals surface area contributed by atoms with Gasteiger partial charge in [0.05, 0.1) is 18.6 Å². The molecule has 2 aromatic rings. The third-order valence-corrected chi connectivity index (χ3v) is 5.24. The second-order valence-corrected chi connectivity index (χ2v) is 7.06. The average Bonchev–Trinajstić information content (AvgIpc) is 3.29. The van der Waals surface area contributed by atoms with Gasteiger partial charge in [0.25, 0.3) is 0 Å². The summed E-state index contributed by atoms with van der Waals surface area (Å²) >= 11 is 0. The van der Waals surface area contributed by atoms with Gasteiger partial charge in [-0.05, 0) is 31.2 Å². The van der Waals surface area contributed by atoms with Crippen LogP contribution in [-0.4, -0.2) is 55.5 Å². The lowest BCUT2D eigenvalue weighted by Crippen LogP contribution is -2.57. The Balaban J connectivity index is 1.53. The topological polar surface area (TPSA) is 87.4 Å². The number of guanidine groups is 1. The van der Waals surface area contributed by atoms with Gasteiger partial charge in [-0.3, -0.25) is 14.9 Å². The summed E-state index contributed by atoms with van der Waals surface area (Å²) in [6.45, 7) is 4.09. The van der Waals surface area contributed by atoms with Gasteiger partial charge < -0.3 is 19.0 Å². The molecule has 3 heterocycles. The largest absolute Gasteiger partial charge is 0.467 e. The lowest BCUT2D eigenvalue weighted by molar-refractivity contribution is -0.153. The zero-order valence-electron chi connectivity index (χ0n) is 16.6. The highest BCUT2D eigenvalue weighted by molar-refractivity contribution is 6.08. The van der Waals surface area contributed by atoms with Crippen LogP contribution in [0.25, 0.3) is 0 Å². The predicted molar refractivity (Wildman–Crippen MR) is 107 cm³/mol. The van der Waals surface area contributed by atoms with E-state index in [2.05, 4.69) is 10.3 Å². The number of benzene rings is 1. The van der Waals surface area contributed by atoms with Crippen LogP contribution in [0.15, 0.2) is 52.1 Å². The number of piperazine rings is 1. The Bertz CT molecular complexity index is 938. The summed E-state index contributed by atoms with van der Waals surface area (Å²) in [6.07, 6.45) is 1.48. The number of hydrogen-bond acceptors (Lipinski definition) is 7. The molecule has 30 heavy (non-hydrogen) atoms. The van der Waals surface area contributed by atoms with Crippen molar-refractivity contribution in [3.63, 3.8) is 0 Å². The summed E-state index contributed by atoms with van der Waals surface area (Å²) in [5.41, 5.74) is 0.558. The lowest BCUT2D eigenvalue weighted by Gasteiger charge is -2.39. The van der Waals surface area contributed by atoms with Gasteiger partial charge in [-0.1, -0.05) is 12.1 Å². The van der Waals surface area contributed by atoms with Crippen molar-refractivity contribution < 1.29 is 23.1 Å². The van der Waals surface area contributed by atoms with E-state index in [1.807, 2.05) is 9.80 Å². The monoisotopic (exact) mass is 414 g/mol. The maximum atomic E-state index is 14.1. The van der Waals surface area contributed by atoms with E-state index in [0.29, 0.717) is 43.6 Å². The highest BCUT2D eigenvalue weighted by atomic mass is 19.1. The van der Waals surface area contributed by atoms with E-state index < -0.39 is 23.8 Å². The van der Waals surface area contributed by atoms with Gasteiger partial charge in [0.15, 0.2) is 5.92 Å². The number of para-hydroxylation sites is 1. The quantitative estimate of drug-likeness (QED) is 0.608. The molecular weight excluding hydrogens is 391 g/mol. The van der Waals surface area contributed by atoms with Crippen molar-refractivity contribution in [2.75, 3.05) is 37.7 Å². The Morgan fingerprint density at radius 2 is 1.93 bits per heavy atom. The Kier molecular flexibility index (Phi) is 5.69. The maximum Gasteiger partial charge on any atom is 0.321 e. The Hall–Kier alpha value is -3.36. The second-order valence-electron chi connectivity index (χ2n) is 7.06. The zero-order chi connectivity index (χ0) is 21.1. The number of aliphatic imine (C=N–C) groups is 1. The van der Waals surface area contributed by atoms with Crippen molar-refractivity contribution in [2.24, 2.45) is 10.9 Å². The van der Waals surface area contributed by atoms with Crippen molar-refractivity contribution in [1.82, 2.24) is 10.2 Å². The normalized spacial score (nSPS) is 21.8. The van der Waals surface area contributed by atoms with Crippen molar-refractivity contribution in [3.05, 3.63) is 54.2 Å². The molecule has 0 unspecified atom stereocenters. The van der Waals surface area contributed by atoms with Gasteiger partial charge >= 0.3 is 5.97 Å². The Labute approximate surface area is 173 Å². The molecule has 0 radical (unpaired) electrons. The molecule has 1 aromatic carbocycles. The highest BCUT2D eigenvalue weighted by Crippen LogP contribution is 2.31. The molecule has 9 heteroatoms. The van der Waals surface area contributed by atoms with Crippen molar-refractivity contribution in [3.8, 4) is 0 Å². The molecule has 0 saturated carbocycles. The van der Waals surface area contributed by atoms with Crippen molar-refractivity contribution in [2.45, 2.75) is 13.0 Å². The third kappa shape index (κ3) is 3.87. The molecule has 0 bridgehead atoms. The van der Waals surface area contributed by atoms with E-state index >= 15 is 0 Å². The Morgan fingerprint density at radius 3 is 2.60 bits per heavy atom. The first-order valence-corrected chi connectivity index (χ1v) is 9.91. The van der Waals surface area contributed by atoms with Gasteiger partial charge in [-0.25, -0.2) is 9.38 Å². The summed E-state index contributed by atoms with van der Waals surface area (Å²) in [5, 5.41) is 2.74. The molecule has 2 aliphatic rings. The molecule has 4 rings (SSSR count). The lowest BCUT2D eigenvalue weighted by atomic mass is 9.95. The number of carbonyl (C=O) groups excluding carboxylic acids is 2. The first kappa shape index (κ1) is 19.9. The highest BCUT2D eigenvalue weighted by Gasteiger charge is 2.43. The number of ether oxygens (including phenoxy) is 1. The first-order chi connectivity index (χ1) is 14.6. The number of anilines is 1. The SMILES string of the molecule is CCOC(=O)[C@H]1C(=O)NC(N2CCN(c3ccccc3F)CC2)=N[C@@H]1c1ccco1. The fraction of sp³-hybridized carbons (Fsp3) is 0.381. The van der Waals surface area contributed by atoms with Gasteiger partial charge in [0.1, 0.15) is 17.6 Å². The van der Waals surface area contributed by atoms with E-state index in [9.17, 15) is 14.0 Å². The van der Waals surface area contributed by atoms with Crippen LogP contribution in [0.4, 0.5) is 10.1 Å². The smallest absolute Gasteiger partial charge is 0.321 e. The van der Waals surface area contributed by atoms with Crippen molar-refractivity contribution >= 4 is 23.5 Å². The van der Waals surface area contributed by atoms with Crippen molar-refractivity contribution in [1.29, 1.82) is 0 Å². The van der Waals surface area contributed by atoms with Crippen LogP contribution in [0.2, 0.25) is 0 Å². The molecule has 1 N–H and O–H groups in total. The molecule has 1 saturated heterocycles. The fourth-order valence-corrected chi connectivity index (χ4v) is 3.75. The molecule has 0 spiro atoms. The van der Waals surface area contributed by atoms with Crippen LogP contribution in [0.3, 0.4) is 0 Å². The average molecular weight is 414 g/mol. The summed E-state index contributed by atoms with van der Waals surface area (Å²) in [5.74, 6) is -1.68. The number of furan rings is 1. The molecule has 0 aliphatic carbocycles. The van der Waals surface area contributed by atoms with Crippen LogP contribution in [0, 0.1) is 11.7 Å². The van der Waals surface area contributed by atoms with Gasteiger partial charge in [-0.2, -0.15) is 0 Å². The molecule has 2 aliphatic heterocycles. The van der Waals surface area contributed by atoms with Crippen LogP contribution >= 0.6 is 0 Å². The summed E-state index contributed by atoms with van der Waals surface area (Å²) < 4.78 is 24.6. The van der Waals surface area contributed by atoms with Gasteiger partial charge in [-0.15, -0.1) is 0 Å². The van der Waals surface area contributed by atoms with Crippen LogP contribution in [0.1, 0.15) is 18.7 Å². The number of halogens is 1. The summed E-state index contributed by atoms with van der Waals surface area (Å²) in [4.78, 5) is 33.7. The van der Waals surface area contributed by atoms with Gasteiger partial charge in [0.2, 0.25) is 11.9 Å². The fourth-order valence-electron chi connectivity index (χ4n) is 3.75. The minimum Gasteiger partial charge on any atom is -0.467 e. The molecule has 158 valence electrons. The molecule has 8 nitrogen and oxygen atoms in total. The standard InChI is InChI=1S/C21H23FN4O4/c1-2-29-20(28)17-18(16-8-5-13-30-16)23-21(24-19(17)27)26-11-9-25(10-12-26)15-7-4-3-6-14(15)22/h3-8,13,17-18H,2,9-12H2,1H3,(H,23,24,27)/t17-,18-/m1/s1. The van der Waals surface area contributed by atoms with E-state index in [4.69, 9.17) is 9.15 Å². The number of esters is 1. The summed E-state index contributed by atoms with van der Waals surface area (Å²) in [6, 6.07) is 9.24. The molecule has 2 atom stereocenters. The number of rotatable bonds is 4. The molecule has 1 amide bonds. The molecule has 1 fully saturated rings. The number of hydrogen-bond donors (Lipinski definition) is 1. The summed E-state index contributed by atoms with van der Waals surface area (Å²) in [7, 11) is 0. The minimum absolute atomic E-state index is 0.169.